The topological polar surface area (TPSA) is 84.6 Å². The van der Waals surface area contributed by atoms with Crippen LogP contribution in [0.3, 0.4) is 0 Å². The van der Waals surface area contributed by atoms with Crippen molar-refractivity contribution in [2.75, 3.05) is 0 Å². The normalized spacial score (nSPS) is 19.6. The molecule has 0 saturated carbocycles. The number of benzene rings is 1. The van der Waals surface area contributed by atoms with Crippen LogP contribution < -0.4 is 11.2 Å². The number of carbonyl (C=O) groups is 1. The molecule has 102 valence electrons. The van der Waals surface area contributed by atoms with Crippen molar-refractivity contribution in [3.05, 3.63) is 47.7 Å². The second kappa shape index (κ2) is 6.36. The van der Waals surface area contributed by atoms with Crippen LogP contribution in [-0.2, 0) is 16.1 Å². The molecule has 0 radical (unpaired) electrons. The number of hydrogen-bond donors (Lipinski definition) is 3. The van der Waals surface area contributed by atoms with E-state index in [2.05, 4.69) is 17.6 Å². The molecule has 2 rings (SSSR count). The van der Waals surface area contributed by atoms with E-state index in [9.17, 15) is 4.79 Å². The van der Waals surface area contributed by atoms with E-state index in [4.69, 9.17) is 15.7 Å². The number of hydrogen-bond acceptors (Lipinski definition) is 4. The van der Waals surface area contributed by atoms with E-state index in [1.54, 1.807) is 6.08 Å². The van der Waals surface area contributed by atoms with Crippen molar-refractivity contribution in [1.29, 1.82) is 0 Å². The van der Waals surface area contributed by atoms with E-state index in [-0.39, 0.29) is 0 Å². The van der Waals surface area contributed by atoms with Crippen molar-refractivity contribution in [2.24, 2.45) is 5.73 Å². The first-order valence-electron chi connectivity index (χ1n) is 6.31. The van der Waals surface area contributed by atoms with Gasteiger partial charge in [-0.3, -0.25) is 15.1 Å². The molecule has 1 aliphatic rings. The first-order chi connectivity index (χ1) is 9.16. The molecule has 4 N–H and O–H groups in total. The molecule has 0 spiro atoms. The summed E-state index contributed by atoms with van der Waals surface area (Å²) in [4.78, 5) is 15.9. The van der Waals surface area contributed by atoms with Crippen LogP contribution in [0.2, 0.25) is 0 Å². The Hall–Kier alpha value is -1.85. The second-order valence-electron chi connectivity index (χ2n) is 4.58. The molecular formula is C14H18N2O3. The molecule has 0 saturated heterocycles. The summed E-state index contributed by atoms with van der Waals surface area (Å²) in [6.45, 7) is 0. The number of aliphatic carboxylic acids is 1. The highest BCUT2D eigenvalue weighted by atomic mass is 16.7. The minimum absolute atomic E-state index is 0.593. The zero-order valence-electron chi connectivity index (χ0n) is 10.6. The van der Waals surface area contributed by atoms with Crippen molar-refractivity contribution in [3.63, 3.8) is 0 Å². The third-order valence-electron chi connectivity index (χ3n) is 3.09. The molecular weight excluding hydrogens is 244 g/mol. The second-order valence-corrected chi connectivity index (χ2v) is 4.58. The van der Waals surface area contributed by atoms with E-state index in [1.807, 2.05) is 18.2 Å². The van der Waals surface area contributed by atoms with E-state index in [0.29, 0.717) is 0 Å². The van der Waals surface area contributed by atoms with Crippen molar-refractivity contribution in [2.45, 2.75) is 31.4 Å². The predicted octanol–water partition coefficient (Wildman–Crippen LogP) is 1.21. The van der Waals surface area contributed by atoms with Gasteiger partial charge < -0.3 is 10.8 Å². The number of nitrogens with one attached hydrogen (secondary N) is 1. The molecule has 5 heteroatoms. The molecule has 1 heterocycles. The molecule has 0 unspecified atom stereocenters. The fourth-order valence-corrected chi connectivity index (χ4v) is 1.99. The first-order valence-corrected chi connectivity index (χ1v) is 6.31. The zero-order chi connectivity index (χ0) is 13.7. The Balaban J connectivity index is 1.78. The maximum absolute atomic E-state index is 10.7. The van der Waals surface area contributed by atoms with Crippen LogP contribution in [0.5, 0.6) is 0 Å². The Kier molecular flexibility index (Phi) is 4.54. The lowest BCUT2D eigenvalue weighted by Gasteiger charge is -2.10. The van der Waals surface area contributed by atoms with Gasteiger partial charge in [0.15, 0.2) is 0 Å². The Morgan fingerprint density at radius 1 is 1.37 bits per heavy atom. The number of carboxylic acid groups (broad SMARTS) is 1. The van der Waals surface area contributed by atoms with Gasteiger partial charge in [0.05, 0.1) is 0 Å². The summed E-state index contributed by atoms with van der Waals surface area (Å²) in [5.74, 6) is -1.06. The Morgan fingerprint density at radius 3 is 2.79 bits per heavy atom. The molecule has 1 aliphatic heterocycles. The minimum Gasteiger partial charge on any atom is -0.480 e. The van der Waals surface area contributed by atoms with E-state index < -0.39 is 18.1 Å². The third-order valence-corrected chi connectivity index (χ3v) is 3.09. The Labute approximate surface area is 112 Å². The summed E-state index contributed by atoms with van der Waals surface area (Å²) in [5, 5.41) is 8.79. The molecule has 19 heavy (non-hydrogen) atoms. The fourth-order valence-electron chi connectivity index (χ4n) is 1.99. The van der Waals surface area contributed by atoms with Gasteiger partial charge in [-0.25, -0.2) is 0 Å². The standard InChI is InChI=1S/C14H18N2O3/c15-13(14(17)18)12-9-11(16-19-12)8-4-7-10-5-2-1-3-6-10/h1-3,5-6,9,12-13,16H,4,7-8,15H2,(H,17,18)/t12-,13-/m0/s1. The van der Waals surface area contributed by atoms with Gasteiger partial charge in [0.2, 0.25) is 0 Å². The molecule has 5 nitrogen and oxygen atoms in total. The van der Waals surface area contributed by atoms with Gasteiger partial charge in [-0.15, -0.1) is 0 Å². The predicted molar refractivity (Wildman–Crippen MR) is 71.1 cm³/mol. The molecule has 2 atom stereocenters. The van der Waals surface area contributed by atoms with Gasteiger partial charge >= 0.3 is 5.97 Å². The third kappa shape index (κ3) is 3.81. The molecule has 1 aromatic rings. The van der Waals surface area contributed by atoms with Gasteiger partial charge in [0.1, 0.15) is 12.1 Å². The van der Waals surface area contributed by atoms with Crippen LogP contribution in [0.15, 0.2) is 42.1 Å². The van der Waals surface area contributed by atoms with Crippen molar-refractivity contribution in [3.8, 4) is 0 Å². The lowest BCUT2D eigenvalue weighted by atomic mass is 10.1. The zero-order valence-corrected chi connectivity index (χ0v) is 10.6. The molecule has 0 bridgehead atoms. The average Bonchev–Trinajstić information content (AvgIpc) is 2.88. The van der Waals surface area contributed by atoms with Crippen LogP contribution >= 0.6 is 0 Å². The van der Waals surface area contributed by atoms with Gasteiger partial charge in [0.25, 0.3) is 0 Å². The maximum Gasteiger partial charge on any atom is 0.323 e. The molecule has 0 amide bonds. The number of allylic oxidation sites excluding steroid dienone is 1. The van der Waals surface area contributed by atoms with Crippen molar-refractivity contribution in [1.82, 2.24) is 5.48 Å². The summed E-state index contributed by atoms with van der Waals surface area (Å²) < 4.78 is 0. The van der Waals surface area contributed by atoms with Gasteiger partial charge in [0, 0.05) is 5.70 Å². The molecule has 1 aromatic carbocycles. The Bertz CT molecular complexity index is 459. The van der Waals surface area contributed by atoms with Crippen molar-refractivity contribution >= 4 is 5.97 Å². The number of hydroxylamine groups is 1. The van der Waals surface area contributed by atoms with Crippen molar-refractivity contribution < 1.29 is 14.7 Å². The lowest BCUT2D eigenvalue weighted by Crippen LogP contribution is -2.41. The molecule has 0 fully saturated rings. The molecule has 0 aromatic heterocycles. The maximum atomic E-state index is 10.7. The summed E-state index contributed by atoms with van der Waals surface area (Å²) in [6, 6.07) is 9.20. The quantitative estimate of drug-likeness (QED) is 0.717. The van der Waals surface area contributed by atoms with Crippen LogP contribution in [0.25, 0.3) is 0 Å². The number of carboxylic acids is 1. The smallest absolute Gasteiger partial charge is 0.323 e. The van der Waals surface area contributed by atoms with Gasteiger partial charge in [-0.1, -0.05) is 30.3 Å². The number of rotatable bonds is 6. The highest BCUT2D eigenvalue weighted by Gasteiger charge is 2.27. The largest absolute Gasteiger partial charge is 0.480 e. The SMILES string of the molecule is N[C@H](C(=O)O)[C@@H]1C=C(CCCc2ccccc2)NO1. The minimum atomic E-state index is -1.06. The summed E-state index contributed by atoms with van der Waals surface area (Å²) in [6.07, 6.45) is 3.93. The highest BCUT2D eigenvalue weighted by molar-refractivity contribution is 5.74. The summed E-state index contributed by atoms with van der Waals surface area (Å²) >= 11 is 0. The van der Waals surface area contributed by atoms with Crippen LogP contribution in [-0.4, -0.2) is 23.2 Å². The van der Waals surface area contributed by atoms with E-state index >= 15 is 0 Å². The lowest BCUT2D eigenvalue weighted by molar-refractivity contribution is -0.142. The van der Waals surface area contributed by atoms with Gasteiger partial charge in [-0.05, 0) is 30.9 Å². The summed E-state index contributed by atoms with van der Waals surface area (Å²) in [7, 11) is 0. The van der Waals surface area contributed by atoms with E-state index in [0.717, 1.165) is 25.0 Å². The highest BCUT2D eigenvalue weighted by Crippen LogP contribution is 2.15. The Morgan fingerprint density at radius 2 is 2.11 bits per heavy atom. The summed E-state index contributed by atoms with van der Waals surface area (Å²) in [5.41, 5.74) is 10.4. The monoisotopic (exact) mass is 262 g/mol. The first kappa shape index (κ1) is 13.6. The molecule has 0 aliphatic carbocycles. The van der Waals surface area contributed by atoms with Crippen LogP contribution in [0.1, 0.15) is 18.4 Å². The fraction of sp³-hybridized carbons (Fsp3) is 0.357. The average molecular weight is 262 g/mol. The number of aryl methyl sites for hydroxylation is 1. The van der Waals surface area contributed by atoms with Crippen LogP contribution in [0.4, 0.5) is 0 Å². The van der Waals surface area contributed by atoms with E-state index in [1.165, 1.54) is 5.56 Å². The van der Waals surface area contributed by atoms with Gasteiger partial charge in [-0.2, -0.15) is 0 Å². The number of nitrogens with two attached hydrogens (primary N) is 1. The van der Waals surface area contributed by atoms with Crippen LogP contribution in [0, 0.1) is 0 Å².